The van der Waals surface area contributed by atoms with Gasteiger partial charge in [-0.15, -0.1) is 0 Å². The lowest BCUT2D eigenvalue weighted by Crippen LogP contribution is -2.34. The van der Waals surface area contributed by atoms with Crippen LogP contribution in [0.2, 0.25) is 0 Å². The van der Waals surface area contributed by atoms with E-state index in [1.54, 1.807) is 39.3 Å². The molecule has 0 aromatic heterocycles. The Balaban J connectivity index is 1.91. The minimum Gasteiger partial charge on any atom is -0.493 e. The van der Waals surface area contributed by atoms with Gasteiger partial charge in [0.25, 0.3) is 5.91 Å². The van der Waals surface area contributed by atoms with Gasteiger partial charge in [0.05, 0.1) is 32.0 Å². The maximum absolute atomic E-state index is 12.8. The van der Waals surface area contributed by atoms with Crippen LogP contribution in [-0.4, -0.2) is 46.7 Å². The zero-order chi connectivity index (χ0) is 22.5. The maximum atomic E-state index is 12.8. The van der Waals surface area contributed by atoms with Gasteiger partial charge in [0.15, 0.2) is 11.5 Å². The molecule has 8 heteroatoms. The number of likely N-dealkylation sites (N-methyl/N-ethyl adjacent to an activating group) is 2. The molecule has 3 rings (SSSR count). The number of fused-ring (bicyclic) bond motifs is 1. The van der Waals surface area contributed by atoms with Crippen molar-refractivity contribution in [2.24, 2.45) is 0 Å². The third-order valence-electron chi connectivity index (χ3n) is 5.18. The number of methoxy groups -OCH3 is 2. The second-order valence-corrected chi connectivity index (χ2v) is 7.07. The monoisotopic (exact) mass is 424 g/mol. The SMILES string of the molecule is CC/C(Nc1ccc(N(C)C(=O)CNC)cc1)=C1/C(=O)Nc2cc(OC)c(OC)cc21. The molecule has 8 nitrogen and oxygen atoms in total. The van der Waals surface area contributed by atoms with Crippen LogP contribution in [0.4, 0.5) is 17.1 Å². The number of rotatable bonds is 8. The predicted molar refractivity (Wildman–Crippen MR) is 123 cm³/mol. The maximum Gasteiger partial charge on any atom is 0.258 e. The second kappa shape index (κ2) is 9.53. The van der Waals surface area contributed by atoms with Gasteiger partial charge in [-0.05, 0) is 43.8 Å². The minimum atomic E-state index is -0.177. The number of allylic oxidation sites excluding steroid dienone is 1. The van der Waals surface area contributed by atoms with Crippen LogP contribution in [-0.2, 0) is 9.59 Å². The van der Waals surface area contributed by atoms with Crippen LogP contribution in [0.1, 0.15) is 18.9 Å². The number of carbonyl (C=O) groups excluding carboxylic acids is 2. The molecule has 0 bridgehead atoms. The molecule has 1 heterocycles. The summed E-state index contributed by atoms with van der Waals surface area (Å²) in [5, 5.41) is 9.12. The van der Waals surface area contributed by atoms with E-state index in [0.29, 0.717) is 29.2 Å². The highest BCUT2D eigenvalue weighted by Crippen LogP contribution is 2.42. The average Bonchev–Trinajstić information content (AvgIpc) is 3.10. The van der Waals surface area contributed by atoms with Crippen molar-refractivity contribution < 1.29 is 19.1 Å². The number of anilines is 3. The molecular weight excluding hydrogens is 396 g/mol. The molecule has 2 aromatic rings. The second-order valence-electron chi connectivity index (χ2n) is 7.07. The predicted octanol–water partition coefficient (Wildman–Crippen LogP) is 3.07. The first-order chi connectivity index (χ1) is 14.9. The summed E-state index contributed by atoms with van der Waals surface area (Å²) in [6.45, 7) is 2.26. The number of benzene rings is 2. The number of ether oxygens (including phenoxy) is 2. The summed E-state index contributed by atoms with van der Waals surface area (Å²) in [4.78, 5) is 26.4. The summed E-state index contributed by atoms with van der Waals surface area (Å²) in [7, 11) is 6.60. The Hall–Kier alpha value is -3.52. The Labute approximate surface area is 182 Å². The van der Waals surface area contributed by atoms with Gasteiger partial charge in [-0.1, -0.05) is 6.92 Å². The van der Waals surface area contributed by atoms with Crippen molar-refractivity contribution in [1.82, 2.24) is 5.32 Å². The Morgan fingerprint density at radius 1 is 1.10 bits per heavy atom. The Bertz CT molecular complexity index is 1010. The van der Waals surface area contributed by atoms with Crippen LogP contribution in [0.5, 0.6) is 11.5 Å². The molecule has 31 heavy (non-hydrogen) atoms. The van der Waals surface area contributed by atoms with E-state index in [0.717, 1.165) is 22.6 Å². The van der Waals surface area contributed by atoms with Gasteiger partial charge in [0, 0.05) is 35.7 Å². The fourth-order valence-electron chi connectivity index (χ4n) is 3.48. The van der Waals surface area contributed by atoms with Gasteiger partial charge >= 0.3 is 0 Å². The third kappa shape index (κ3) is 4.49. The molecule has 1 aliphatic rings. The molecule has 2 aromatic carbocycles. The molecule has 0 unspecified atom stereocenters. The van der Waals surface area contributed by atoms with Crippen molar-refractivity contribution in [1.29, 1.82) is 0 Å². The molecule has 0 saturated heterocycles. The Morgan fingerprint density at radius 3 is 2.32 bits per heavy atom. The Kier molecular flexibility index (Phi) is 6.81. The summed E-state index contributed by atoms with van der Waals surface area (Å²) in [6, 6.07) is 11.1. The number of hydrogen-bond acceptors (Lipinski definition) is 6. The molecule has 0 aliphatic carbocycles. The first kappa shape index (κ1) is 22.2. The number of amides is 2. The van der Waals surface area contributed by atoms with E-state index < -0.39 is 0 Å². The van der Waals surface area contributed by atoms with Gasteiger partial charge in [0.1, 0.15) is 0 Å². The van der Waals surface area contributed by atoms with Gasteiger partial charge in [-0.25, -0.2) is 0 Å². The summed E-state index contributed by atoms with van der Waals surface area (Å²) in [6.07, 6.45) is 0.624. The van der Waals surface area contributed by atoms with E-state index in [1.165, 1.54) is 0 Å². The number of nitrogens with zero attached hydrogens (tertiary/aromatic N) is 1. The molecule has 0 saturated carbocycles. The fraction of sp³-hybridized carbons (Fsp3) is 0.304. The van der Waals surface area contributed by atoms with Gasteiger partial charge in [0.2, 0.25) is 5.91 Å². The van der Waals surface area contributed by atoms with Crippen molar-refractivity contribution in [2.75, 3.05) is 50.4 Å². The summed E-state index contributed by atoms with van der Waals surface area (Å²) in [5.74, 6) is 0.914. The molecule has 164 valence electrons. The lowest BCUT2D eigenvalue weighted by molar-refractivity contribution is -0.117. The molecule has 0 fully saturated rings. The number of nitrogens with one attached hydrogen (secondary N) is 3. The van der Waals surface area contributed by atoms with E-state index in [9.17, 15) is 9.59 Å². The van der Waals surface area contributed by atoms with Crippen LogP contribution in [0.25, 0.3) is 5.57 Å². The standard InChI is InChI=1S/C23H28N4O4/c1-6-17(25-14-7-9-15(10-8-14)27(3)21(28)13-24-2)22-16-11-19(30-4)20(31-5)12-18(16)26-23(22)29/h7-12,24-25H,6,13H2,1-5H3,(H,26,29)/b22-17-. The minimum absolute atomic E-state index is 0.0248. The van der Waals surface area contributed by atoms with Crippen molar-refractivity contribution in [2.45, 2.75) is 13.3 Å². The quantitative estimate of drug-likeness (QED) is 0.564. The summed E-state index contributed by atoms with van der Waals surface area (Å²) in [5.41, 5.74) is 4.42. The largest absolute Gasteiger partial charge is 0.493 e. The number of carbonyl (C=O) groups is 2. The van der Waals surface area contributed by atoms with Crippen LogP contribution in [0, 0.1) is 0 Å². The molecule has 0 atom stereocenters. The van der Waals surface area contributed by atoms with E-state index in [-0.39, 0.29) is 18.4 Å². The van der Waals surface area contributed by atoms with Gasteiger partial charge in [-0.3, -0.25) is 9.59 Å². The third-order valence-corrected chi connectivity index (χ3v) is 5.18. The zero-order valence-corrected chi connectivity index (χ0v) is 18.5. The van der Waals surface area contributed by atoms with Gasteiger partial charge < -0.3 is 30.3 Å². The van der Waals surface area contributed by atoms with E-state index in [4.69, 9.17) is 9.47 Å². The first-order valence-electron chi connectivity index (χ1n) is 10.0. The molecule has 1 aliphatic heterocycles. The highest BCUT2D eigenvalue weighted by Gasteiger charge is 2.29. The smallest absolute Gasteiger partial charge is 0.258 e. The molecule has 0 radical (unpaired) electrons. The van der Waals surface area contributed by atoms with Crippen LogP contribution in [0.3, 0.4) is 0 Å². The number of hydrogen-bond donors (Lipinski definition) is 3. The van der Waals surface area contributed by atoms with Gasteiger partial charge in [-0.2, -0.15) is 0 Å². The highest BCUT2D eigenvalue weighted by atomic mass is 16.5. The highest BCUT2D eigenvalue weighted by molar-refractivity contribution is 6.32. The first-order valence-corrected chi connectivity index (χ1v) is 10.0. The fourth-order valence-corrected chi connectivity index (χ4v) is 3.48. The topological polar surface area (TPSA) is 91.9 Å². The van der Waals surface area contributed by atoms with E-state index in [1.807, 2.05) is 37.3 Å². The van der Waals surface area contributed by atoms with Crippen molar-refractivity contribution in [3.63, 3.8) is 0 Å². The van der Waals surface area contributed by atoms with Crippen LogP contribution in [0.15, 0.2) is 42.1 Å². The molecular formula is C23H28N4O4. The molecule has 3 N–H and O–H groups in total. The Morgan fingerprint density at radius 2 is 1.74 bits per heavy atom. The summed E-state index contributed by atoms with van der Waals surface area (Å²) >= 11 is 0. The van der Waals surface area contributed by atoms with Crippen molar-refractivity contribution in [3.05, 3.63) is 47.7 Å². The van der Waals surface area contributed by atoms with E-state index >= 15 is 0 Å². The lowest BCUT2D eigenvalue weighted by atomic mass is 10.0. The molecule has 0 spiro atoms. The van der Waals surface area contributed by atoms with E-state index in [2.05, 4.69) is 16.0 Å². The normalized spacial score (nSPS) is 13.9. The van der Waals surface area contributed by atoms with Crippen LogP contribution >= 0.6 is 0 Å². The van der Waals surface area contributed by atoms with Crippen molar-refractivity contribution in [3.8, 4) is 11.5 Å². The average molecular weight is 425 g/mol. The lowest BCUT2D eigenvalue weighted by Gasteiger charge is -2.18. The summed E-state index contributed by atoms with van der Waals surface area (Å²) < 4.78 is 10.7. The zero-order valence-electron chi connectivity index (χ0n) is 18.5. The van der Waals surface area contributed by atoms with Crippen LogP contribution < -0.4 is 30.3 Å². The van der Waals surface area contributed by atoms with Crippen molar-refractivity contribution >= 4 is 34.4 Å². The molecule has 2 amide bonds.